The summed E-state index contributed by atoms with van der Waals surface area (Å²) in [7, 11) is 2.12. The number of carbonyl (C=O) groups excluding carboxylic acids is 1. The van der Waals surface area contributed by atoms with Crippen molar-refractivity contribution < 1.29 is 4.79 Å². The lowest BCUT2D eigenvalue weighted by molar-refractivity contribution is 0.102. The highest BCUT2D eigenvalue weighted by molar-refractivity contribution is 6.32. The molecule has 1 N–H and O–H groups in total. The van der Waals surface area contributed by atoms with Gasteiger partial charge in [-0.1, -0.05) is 37.6 Å². The third-order valence-corrected chi connectivity index (χ3v) is 4.88. The van der Waals surface area contributed by atoms with Crippen LogP contribution in [-0.4, -0.2) is 24.4 Å². The van der Waals surface area contributed by atoms with E-state index in [-0.39, 0.29) is 5.91 Å². The van der Waals surface area contributed by atoms with E-state index in [0.717, 1.165) is 30.8 Å². The zero-order valence-electron chi connectivity index (χ0n) is 14.4. The second kappa shape index (κ2) is 6.96. The van der Waals surface area contributed by atoms with Crippen molar-refractivity contribution in [2.24, 2.45) is 0 Å². The molecule has 0 bridgehead atoms. The van der Waals surface area contributed by atoms with Gasteiger partial charge < -0.3 is 10.2 Å². The minimum Gasteiger partial charge on any atom is -0.322 e. The van der Waals surface area contributed by atoms with Gasteiger partial charge in [0.25, 0.3) is 5.91 Å². The molecule has 3 rings (SSSR count). The Kier molecular flexibility index (Phi) is 4.93. The van der Waals surface area contributed by atoms with Gasteiger partial charge in [0.1, 0.15) is 0 Å². The predicted octanol–water partition coefficient (Wildman–Crippen LogP) is 4.70. The Morgan fingerprint density at radius 2 is 1.96 bits per heavy atom. The van der Waals surface area contributed by atoms with Crippen molar-refractivity contribution in [1.82, 2.24) is 4.90 Å². The number of rotatable bonds is 3. The zero-order valence-corrected chi connectivity index (χ0v) is 15.2. The van der Waals surface area contributed by atoms with E-state index in [0.29, 0.717) is 16.5 Å². The van der Waals surface area contributed by atoms with Crippen LogP contribution in [0.2, 0.25) is 5.02 Å². The molecular formula is C20H23ClN2O. The first-order chi connectivity index (χ1) is 11.4. The average molecular weight is 343 g/mol. The van der Waals surface area contributed by atoms with E-state index in [1.54, 1.807) is 6.07 Å². The fourth-order valence-corrected chi connectivity index (χ4v) is 3.51. The Bertz CT molecular complexity index is 770. The van der Waals surface area contributed by atoms with Crippen molar-refractivity contribution in [1.29, 1.82) is 0 Å². The molecule has 1 amide bonds. The third kappa shape index (κ3) is 3.63. The molecule has 0 atom stereocenters. The number of anilines is 1. The Labute approximate surface area is 148 Å². The first-order valence-electron chi connectivity index (χ1n) is 8.35. The second-order valence-electron chi connectivity index (χ2n) is 6.82. The van der Waals surface area contributed by atoms with Gasteiger partial charge in [-0.2, -0.15) is 0 Å². The fraction of sp³-hybridized carbons (Fsp3) is 0.350. The summed E-state index contributed by atoms with van der Waals surface area (Å²) < 4.78 is 0. The molecule has 4 heteroatoms. The van der Waals surface area contributed by atoms with Gasteiger partial charge >= 0.3 is 0 Å². The molecule has 0 saturated heterocycles. The molecule has 1 aliphatic rings. The van der Waals surface area contributed by atoms with Gasteiger partial charge in [-0.05, 0) is 60.3 Å². The van der Waals surface area contributed by atoms with Gasteiger partial charge in [0, 0.05) is 29.4 Å². The molecule has 2 aromatic carbocycles. The quantitative estimate of drug-likeness (QED) is 0.876. The molecule has 3 nitrogen and oxygen atoms in total. The standard InChI is InChI=1S/C20H23ClN2O/c1-13(2)18-7-5-15(11-19(18)21)20(24)22-17-6-4-14-8-9-23(3)12-16(14)10-17/h4-7,10-11,13H,8-9,12H2,1-3H3,(H,22,24). The monoisotopic (exact) mass is 342 g/mol. The van der Waals surface area contributed by atoms with Crippen molar-refractivity contribution in [3.8, 4) is 0 Å². The van der Waals surface area contributed by atoms with Crippen molar-refractivity contribution in [3.63, 3.8) is 0 Å². The van der Waals surface area contributed by atoms with Crippen molar-refractivity contribution in [3.05, 3.63) is 63.7 Å². The predicted molar refractivity (Wildman–Crippen MR) is 100.0 cm³/mol. The number of amides is 1. The summed E-state index contributed by atoms with van der Waals surface area (Å²) in [6, 6.07) is 11.7. The third-order valence-electron chi connectivity index (χ3n) is 4.55. The number of hydrogen-bond acceptors (Lipinski definition) is 2. The molecule has 0 radical (unpaired) electrons. The topological polar surface area (TPSA) is 32.3 Å². The number of fused-ring (bicyclic) bond motifs is 1. The van der Waals surface area contributed by atoms with E-state index in [1.165, 1.54) is 11.1 Å². The number of halogens is 1. The summed E-state index contributed by atoms with van der Waals surface area (Å²) in [4.78, 5) is 14.8. The van der Waals surface area contributed by atoms with Gasteiger partial charge in [0.2, 0.25) is 0 Å². The largest absolute Gasteiger partial charge is 0.322 e. The van der Waals surface area contributed by atoms with Crippen LogP contribution >= 0.6 is 11.6 Å². The minimum absolute atomic E-state index is 0.128. The lowest BCUT2D eigenvalue weighted by Crippen LogP contribution is -2.26. The van der Waals surface area contributed by atoms with Crippen LogP contribution in [0.25, 0.3) is 0 Å². The summed E-state index contributed by atoms with van der Waals surface area (Å²) in [5, 5.41) is 3.63. The maximum Gasteiger partial charge on any atom is 0.255 e. The molecule has 2 aromatic rings. The van der Waals surface area contributed by atoms with Crippen LogP contribution in [-0.2, 0) is 13.0 Å². The van der Waals surface area contributed by atoms with Gasteiger partial charge in [0.15, 0.2) is 0 Å². The molecule has 0 unspecified atom stereocenters. The van der Waals surface area contributed by atoms with Crippen molar-refractivity contribution in [2.75, 3.05) is 18.9 Å². The highest BCUT2D eigenvalue weighted by Crippen LogP contribution is 2.26. The van der Waals surface area contributed by atoms with Gasteiger partial charge in [-0.3, -0.25) is 4.79 Å². The van der Waals surface area contributed by atoms with Gasteiger partial charge in [-0.15, -0.1) is 0 Å². The van der Waals surface area contributed by atoms with Crippen LogP contribution in [0.1, 0.15) is 46.8 Å². The smallest absolute Gasteiger partial charge is 0.255 e. The summed E-state index contributed by atoms with van der Waals surface area (Å²) >= 11 is 6.30. The number of nitrogens with zero attached hydrogens (tertiary/aromatic N) is 1. The lowest BCUT2D eigenvalue weighted by atomic mass is 9.99. The molecule has 0 spiro atoms. The lowest BCUT2D eigenvalue weighted by Gasteiger charge is -2.25. The van der Waals surface area contributed by atoms with Crippen LogP contribution in [0.5, 0.6) is 0 Å². The Hall–Kier alpha value is -1.84. The summed E-state index contributed by atoms with van der Waals surface area (Å²) in [5.41, 5.74) is 5.13. The molecule has 0 aromatic heterocycles. The fourth-order valence-electron chi connectivity index (χ4n) is 3.12. The molecular weight excluding hydrogens is 320 g/mol. The maximum absolute atomic E-state index is 12.5. The molecule has 126 valence electrons. The van der Waals surface area contributed by atoms with Crippen LogP contribution in [0, 0.1) is 0 Å². The second-order valence-corrected chi connectivity index (χ2v) is 7.22. The summed E-state index contributed by atoms with van der Waals surface area (Å²) in [6.07, 6.45) is 1.06. The normalized spacial score (nSPS) is 14.5. The molecule has 1 aliphatic heterocycles. The Balaban J connectivity index is 1.78. The summed E-state index contributed by atoms with van der Waals surface area (Å²) in [5.74, 6) is 0.212. The first-order valence-corrected chi connectivity index (χ1v) is 8.73. The molecule has 24 heavy (non-hydrogen) atoms. The van der Waals surface area contributed by atoms with Gasteiger partial charge in [-0.25, -0.2) is 0 Å². The van der Waals surface area contributed by atoms with Gasteiger partial charge in [0.05, 0.1) is 0 Å². The number of carbonyl (C=O) groups is 1. The van der Waals surface area contributed by atoms with E-state index >= 15 is 0 Å². The minimum atomic E-state index is -0.128. The SMILES string of the molecule is CC(C)c1ccc(C(=O)Nc2ccc3c(c2)CN(C)CC3)cc1Cl. The van der Waals surface area contributed by atoms with E-state index in [4.69, 9.17) is 11.6 Å². The first kappa shape index (κ1) is 17.0. The Morgan fingerprint density at radius 1 is 1.17 bits per heavy atom. The molecule has 1 heterocycles. The highest BCUT2D eigenvalue weighted by Gasteiger charge is 2.15. The Morgan fingerprint density at radius 3 is 2.67 bits per heavy atom. The van der Waals surface area contributed by atoms with E-state index in [2.05, 4.69) is 43.2 Å². The number of nitrogens with one attached hydrogen (secondary N) is 1. The number of likely N-dealkylation sites (N-methyl/N-ethyl adjacent to an activating group) is 1. The van der Waals surface area contributed by atoms with Crippen LogP contribution in [0.15, 0.2) is 36.4 Å². The van der Waals surface area contributed by atoms with Crippen molar-refractivity contribution >= 4 is 23.2 Å². The van der Waals surface area contributed by atoms with Crippen LogP contribution in [0.3, 0.4) is 0 Å². The number of benzene rings is 2. The highest BCUT2D eigenvalue weighted by atomic mass is 35.5. The van der Waals surface area contributed by atoms with Crippen LogP contribution < -0.4 is 5.32 Å². The summed E-state index contributed by atoms with van der Waals surface area (Å²) in [6.45, 7) is 6.18. The van der Waals surface area contributed by atoms with E-state index in [1.807, 2.05) is 18.2 Å². The molecule has 0 fully saturated rings. The van der Waals surface area contributed by atoms with Crippen LogP contribution in [0.4, 0.5) is 5.69 Å². The van der Waals surface area contributed by atoms with E-state index < -0.39 is 0 Å². The number of hydrogen-bond donors (Lipinski definition) is 1. The van der Waals surface area contributed by atoms with Crippen molar-refractivity contribution in [2.45, 2.75) is 32.7 Å². The maximum atomic E-state index is 12.5. The average Bonchev–Trinajstić information content (AvgIpc) is 2.54. The van der Waals surface area contributed by atoms with E-state index in [9.17, 15) is 4.79 Å². The zero-order chi connectivity index (χ0) is 17.3. The molecule has 0 aliphatic carbocycles. The molecule has 0 saturated carbocycles.